The number of rotatable bonds is 2. The molecule has 18 heavy (non-hydrogen) atoms. The molecule has 4 nitrogen and oxygen atoms in total. The highest BCUT2D eigenvalue weighted by molar-refractivity contribution is 6.31. The molecule has 6 heteroatoms. The molecule has 1 atom stereocenters. The minimum absolute atomic E-state index is 0. The number of carbonyl (C=O) groups excluding carboxylic acids is 1. The van der Waals surface area contributed by atoms with Crippen LogP contribution in [0.5, 0.6) is 0 Å². The zero-order chi connectivity index (χ0) is 12.4. The van der Waals surface area contributed by atoms with Crippen LogP contribution in [-0.4, -0.2) is 34.5 Å². The Bertz CT molecular complexity index is 419. The van der Waals surface area contributed by atoms with Gasteiger partial charge in [-0.25, -0.2) is 0 Å². The van der Waals surface area contributed by atoms with Crippen molar-refractivity contribution in [3.8, 4) is 0 Å². The molecule has 0 aliphatic carbocycles. The largest absolute Gasteiger partial charge is 0.345 e. The van der Waals surface area contributed by atoms with Gasteiger partial charge in [0.2, 0.25) is 0 Å². The van der Waals surface area contributed by atoms with E-state index in [2.05, 4.69) is 0 Å². The average Bonchev–Trinajstić information content (AvgIpc) is 2.67. The molecule has 0 bridgehead atoms. The Morgan fingerprint density at radius 3 is 2.83 bits per heavy atom. The first-order valence-corrected chi connectivity index (χ1v) is 6.34. The number of aromatic nitrogens is 1. The van der Waals surface area contributed by atoms with Gasteiger partial charge in [-0.15, -0.1) is 12.4 Å². The molecule has 2 N–H and O–H groups in total. The molecular weight excluding hydrogens is 273 g/mol. The van der Waals surface area contributed by atoms with Gasteiger partial charge in [0.25, 0.3) is 5.91 Å². The normalized spacial score (nSPS) is 19.5. The summed E-state index contributed by atoms with van der Waals surface area (Å²) in [5.74, 6) is 0.0366. The molecule has 1 saturated heterocycles. The summed E-state index contributed by atoms with van der Waals surface area (Å²) in [4.78, 5) is 14.3. The summed E-state index contributed by atoms with van der Waals surface area (Å²) >= 11 is 5.90. The second-order valence-corrected chi connectivity index (χ2v) is 4.97. The Kier molecular flexibility index (Phi) is 5.50. The summed E-state index contributed by atoms with van der Waals surface area (Å²) in [5, 5.41) is 0.595. The van der Waals surface area contributed by atoms with E-state index in [1.165, 1.54) is 0 Å². The van der Waals surface area contributed by atoms with E-state index in [-0.39, 0.29) is 24.4 Å². The van der Waals surface area contributed by atoms with Crippen molar-refractivity contribution < 1.29 is 4.79 Å². The Morgan fingerprint density at radius 1 is 1.56 bits per heavy atom. The maximum Gasteiger partial charge on any atom is 0.270 e. The van der Waals surface area contributed by atoms with Gasteiger partial charge in [-0.1, -0.05) is 11.6 Å². The highest BCUT2D eigenvalue weighted by Gasteiger charge is 2.27. The topological polar surface area (TPSA) is 51.3 Å². The Hall–Kier alpha value is -0.710. The Labute approximate surface area is 118 Å². The van der Waals surface area contributed by atoms with Gasteiger partial charge >= 0.3 is 0 Å². The molecule has 102 valence electrons. The molecule has 1 fully saturated rings. The molecule has 2 heterocycles. The maximum absolute atomic E-state index is 12.4. The molecule has 1 aliphatic rings. The molecule has 1 aromatic rings. The monoisotopic (exact) mass is 291 g/mol. The van der Waals surface area contributed by atoms with Crippen LogP contribution in [0.2, 0.25) is 5.02 Å². The third-order valence-corrected chi connectivity index (χ3v) is 3.56. The number of nitrogens with zero attached hydrogens (tertiary/aromatic N) is 2. The average molecular weight is 292 g/mol. The first-order valence-electron chi connectivity index (χ1n) is 5.96. The summed E-state index contributed by atoms with van der Waals surface area (Å²) in [5.41, 5.74) is 6.36. The van der Waals surface area contributed by atoms with Crippen molar-refractivity contribution in [3.05, 3.63) is 23.0 Å². The summed E-state index contributed by atoms with van der Waals surface area (Å²) in [7, 11) is 1.83. The fourth-order valence-electron chi connectivity index (χ4n) is 2.40. The second kappa shape index (κ2) is 6.45. The van der Waals surface area contributed by atoms with Crippen LogP contribution in [0.15, 0.2) is 12.3 Å². The van der Waals surface area contributed by atoms with Crippen molar-refractivity contribution in [2.75, 3.05) is 13.1 Å². The molecule has 0 saturated carbocycles. The van der Waals surface area contributed by atoms with Gasteiger partial charge in [0.05, 0.1) is 5.02 Å². The fraction of sp³-hybridized carbons (Fsp3) is 0.583. The van der Waals surface area contributed by atoms with E-state index >= 15 is 0 Å². The van der Waals surface area contributed by atoms with Gasteiger partial charge in [-0.3, -0.25) is 4.79 Å². The van der Waals surface area contributed by atoms with Crippen LogP contribution in [0.3, 0.4) is 0 Å². The molecule has 1 unspecified atom stereocenters. The fourth-order valence-corrected chi connectivity index (χ4v) is 2.65. The quantitative estimate of drug-likeness (QED) is 0.907. The first-order chi connectivity index (χ1) is 8.13. The van der Waals surface area contributed by atoms with E-state index in [4.69, 9.17) is 17.3 Å². The van der Waals surface area contributed by atoms with Crippen molar-refractivity contribution in [3.63, 3.8) is 0 Å². The van der Waals surface area contributed by atoms with Crippen molar-refractivity contribution in [1.82, 2.24) is 9.47 Å². The van der Waals surface area contributed by atoms with E-state index in [1.54, 1.807) is 16.8 Å². The smallest absolute Gasteiger partial charge is 0.270 e. The number of nitrogens with two attached hydrogens (primary N) is 1. The van der Waals surface area contributed by atoms with Gasteiger partial charge in [0.1, 0.15) is 5.69 Å². The Balaban J connectivity index is 0.00000162. The lowest BCUT2D eigenvalue weighted by molar-refractivity contribution is 0.0613. The van der Waals surface area contributed by atoms with Gasteiger partial charge < -0.3 is 15.2 Å². The maximum atomic E-state index is 12.4. The van der Waals surface area contributed by atoms with Crippen LogP contribution < -0.4 is 5.73 Å². The van der Waals surface area contributed by atoms with E-state index in [0.29, 0.717) is 17.3 Å². The van der Waals surface area contributed by atoms with Gasteiger partial charge in [-0.05, 0) is 25.3 Å². The Morgan fingerprint density at radius 2 is 2.28 bits per heavy atom. The summed E-state index contributed by atoms with van der Waals surface area (Å²) in [6, 6.07) is 1.89. The van der Waals surface area contributed by atoms with Crippen LogP contribution in [0.1, 0.15) is 29.8 Å². The highest BCUT2D eigenvalue weighted by atomic mass is 35.5. The predicted octanol–water partition coefficient (Wildman–Crippen LogP) is 2.05. The van der Waals surface area contributed by atoms with Crippen molar-refractivity contribution >= 4 is 29.9 Å². The van der Waals surface area contributed by atoms with Crippen molar-refractivity contribution in [2.24, 2.45) is 12.8 Å². The number of likely N-dealkylation sites (tertiary alicyclic amines) is 1. The number of hydrogen-bond acceptors (Lipinski definition) is 2. The summed E-state index contributed by atoms with van der Waals surface area (Å²) < 4.78 is 1.77. The molecule has 1 aromatic heterocycles. The number of hydrogen-bond donors (Lipinski definition) is 1. The van der Waals surface area contributed by atoms with Crippen LogP contribution in [0.4, 0.5) is 0 Å². The number of halogens is 2. The van der Waals surface area contributed by atoms with E-state index in [1.807, 2.05) is 11.9 Å². The minimum atomic E-state index is 0. The van der Waals surface area contributed by atoms with E-state index < -0.39 is 0 Å². The highest BCUT2D eigenvalue weighted by Crippen LogP contribution is 2.21. The molecule has 1 aliphatic heterocycles. The van der Waals surface area contributed by atoms with Gasteiger partial charge in [-0.2, -0.15) is 0 Å². The SMILES string of the molecule is Cl.Cn1cc(Cl)cc1C(=O)N1CCCCC1CN. The predicted molar refractivity (Wildman–Crippen MR) is 75.4 cm³/mol. The second-order valence-electron chi connectivity index (χ2n) is 4.54. The third kappa shape index (κ3) is 2.99. The molecule has 0 radical (unpaired) electrons. The third-order valence-electron chi connectivity index (χ3n) is 3.35. The standard InChI is InChI=1S/C12H18ClN3O.ClH/c1-15-8-9(13)6-11(15)12(17)16-5-3-2-4-10(16)7-14;/h6,8,10H,2-5,7,14H2,1H3;1H. The molecule has 1 amide bonds. The van der Waals surface area contributed by atoms with E-state index in [9.17, 15) is 4.79 Å². The molecule has 2 rings (SSSR count). The van der Waals surface area contributed by atoms with Crippen molar-refractivity contribution in [1.29, 1.82) is 0 Å². The molecule has 0 aromatic carbocycles. The van der Waals surface area contributed by atoms with Crippen molar-refractivity contribution in [2.45, 2.75) is 25.3 Å². The van der Waals surface area contributed by atoms with E-state index in [0.717, 1.165) is 25.8 Å². The molecule has 0 spiro atoms. The van der Waals surface area contributed by atoms with Gasteiger partial charge in [0.15, 0.2) is 0 Å². The number of aryl methyl sites for hydroxylation is 1. The number of piperidine rings is 1. The zero-order valence-corrected chi connectivity index (χ0v) is 12.0. The lowest BCUT2D eigenvalue weighted by Gasteiger charge is -2.35. The summed E-state index contributed by atoms with van der Waals surface area (Å²) in [6.45, 7) is 1.33. The minimum Gasteiger partial charge on any atom is -0.345 e. The molecular formula is C12H19Cl2N3O. The summed E-state index contributed by atoms with van der Waals surface area (Å²) in [6.07, 6.45) is 4.95. The van der Waals surface area contributed by atoms with Crippen LogP contribution in [0.25, 0.3) is 0 Å². The first kappa shape index (κ1) is 15.3. The van der Waals surface area contributed by atoms with Crippen LogP contribution >= 0.6 is 24.0 Å². The van der Waals surface area contributed by atoms with Crippen LogP contribution in [-0.2, 0) is 7.05 Å². The lowest BCUT2D eigenvalue weighted by atomic mass is 10.0. The zero-order valence-electron chi connectivity index (χ0n) is 10.4. The lowest BCUT2D eigenvalue weighted by Crippen LogP contribution is -2.47. The van der Waals surface area contributed by atoms with Gasteiger partial charge in [0, 0.05) is 32.4 Å². The number of amides is 1. The number of carbonyl (C=O) groups is 1. The van der Waals surface area contributed by atoms with Crippen LogP contribution in [0, 0.1) is 0 Å².